The van der Waals surface area contributed by atoms with Gasteiger partial charge in [0, 0.05) is 18.1 Å². The summed E-state index contributed by atoms with van der Waals surface area (Å²) in [5.41, 5.74) is 0.0940. The van der Waals surface area contributed by atoms with E-state index < -0.39 is 29.7 Å². The molecule has 1 rings (SSSR count). The van der Waals surface area contributed by atoms with Gasteiger partial charge in [-0.3, -0.25) is 9.59 Å². The van der Waals surface area contributed by atoms with Crippen LogP contribution in [-0.4, -0.2) is 33.9 Å². The molecule has 0 aromatic carbocycles. The second-order valence-electron chi connectivity index (χ2n) is 4.91. The standard InChI is InChI=1S/C15H19NO6/c1-3-5-6-7-10(15(20)21)8-11-9-12(17)16(14(11)19)22-13(18)4-2/h4,8,11H,2-3,5-7,9H2,1H3,(H,20,21). The monoisotopic (exact) mass is 309 g/mol. The molecule has 22 heavy (non-hydrogen) atoms. The molecule has 0 spiro atoms. The third-order valence-corrected chi connectivity index (χ3v) is 3.21. The summed E-state index contributed by atoms with van der Waals surface area (Å²) in [5, 5.41) is 9.53. The molecule has 2 amide bonds. The minimum Gasteiger partial charge on any atom is -0.478 e. The van der Waals surface area contributed by atoms with E-state index in [4.69, 9.17) is 5.11 Å². The number of amides is 2. The first-order valence-corrected chi connectivity index (χ1v) is 7.05. The largest absolute Gasteiger partial charge is 0.478 e. The number of aliphatic carboxylic acids is 1. The number of nitrogens with zero attached hydrogens (tertiary/aromatic N) is 1. The molecule has 1 unspecified atom stereocenters. The van der Waals surface area contributed by atoms with E-state index in [1.54, 1.807) is 0 Å². The zero-order valence-electron chi connectivity index (χ0n) is 12.4. The van der Waals surface area contributed by atoms with Gasteiger partial charge in [-0.05, 0) is 12.8 Å². The Kier molecular flexibility index (Phi) is 6.49. The van der Waals surface area contributed by atoms with Crippen molar-refractivity contribution in [1.29, 1.82) is 0 Å². The van der Waals surface area contributed by atoms with Crippen LogP contribution in [0, 0.1) is 5.92 Å². The Labute approximate surface area is 128 Å². The van der Waals surface area contributed by atoms with Crippen LogP contribution in [0.3, 0.4) is 0 Å². The van der Waals surface area contributed by atoms with Crippen molar-refractivity contribution in [2.45, 2.75) is 39.0 Å². The molecule has 1 fully saturated rings. The number of carboxylic acids is 1. The maximum Gasteiger partial charge on any atom is 0.356 e. The first-order valence-electron chi connectivity index (χ1n) is 7.05. The summed E-state index contributed by atoms with van der Waals surface area (Å²) in [5.74, 6) is -4.38. The van der Waals surface area contributed by atoms with Crippen LogP contribution in [0.2, 0.25) is 0 Å². The number of unbranched alkanes of at least 4 members (excludes halogenated alkanes) is 2. The molecule has 0 aromatic heterocycles. The second-order valence-corrected chi connectivity index (χ2v) is 4.91. The maximum atomic E-state index is 12.0. The Morgan fingerprint density at radius 3 is 2.64 bits per heavy atom. The SMILES string of the molecule is C=CC(=O)ON1C(=O)CC(C=C(CCCCC)C(=O)O)C1=O. The first-order chi connectivity index (χ1) is 10.4. The van der Waals surface area contributed by atoms with Crippen molar-refractivity contribution in [2.24, 2.45) is 5.92 Å². The summed E-state index contributed by atoms with van der Waals surface area (Å²) >= 11 is 0. The van der Waals surface area contributed by atoms with Crippen molar-refractivity contribution < 1.29 is 29.1 Å². The normalized spacial score (nSPS) is 18.5. The van der Waals surface area contributed by atoms with E-state index >= 15 is 0 Å². The van der Waals surface area contributed by atoms with Gasteiger partial charge in [0.2, 0.25) is 0 Å². The molecule has 0 radical (unpaired) electrons. The predicted octanol–water partition coefficient (Wildman–Crippen LogP) is 1.60. The first kappa shape index (κ1) is 17.6. The van der Waals surface area contributed by atoms with Gasteiger partial charge in [-0.15, -0.1) is 5.06 Å². The van der Waals surface area contributed by atoms with Gasteiger partial charge in [0.15, 0.2) is 0 Å². The van der Waals surface area contributed by atoms with Gasteiger partial charge in [0.05, 0.1) is 5.92 Å². The van der Waals surface area contributed by atoms with E-state index in [0.717, 1.165) is 18.9 Å². The Morgan fingerprint density at radius 2 is 2.09 bits per heavy atom. The van der Waals surface area contributed by atoms with Crippen LogP contribution in [0.5, 0.6) is 0 Å². The molecule has 1 N–H and O–H groups in total. The molecular weight excluding hydrogens is 290 g/mol. The summed E-state index contributed by atoms with van der Waals surface area (Å²) in [6.07, 6.45) is 4.74. The van der Waals surface area contributed by atoms with Gasteiger partial charge in [-0.25, -0.2) is 9.59 Å². The Hall–Kier alpha value is -2.44. The fraction of sp³-hybridized carbons (Fsp3) is 0.467. The van der Waals surface area contributed by atoms with E-state index in [1.807, 2.05) is 6.92 Å². The number of hydrogen-bond acceptors (Lipinski definition) is 5. The molecule has 7 nitrogen and oxygen atoms in total. The lowest BCUT2D eigenvalue weighted by Crippen LogP contribution is -2.32. The maximum absolute atomic E-state index is 12.0. The molecule has 1 aliphatic heterocycles. The van der Waals surface area contributed by atoms with E-state index in [-0.39, 0.29) is 12.0 Å². The van der Waals surface area contributed by atoms with E-state index in [2.05, 4.69) is 11.4 Å². The average molecular weight is 309 g/mol. The average Bonchev–Trinajstić information content (AvgIpc) is 2.73. The molecule has 120 valence electrons. The van der Waals surface area contributed by atoms with Gasteiger partial charge < -0.3 is 9.94 Å². The highest BCUT2D eigenvalue weighted by molar-refractivity contribution is 6.05. The van der Waals surface area contributed by atoms with Crippen LogP contribution < -0.4 is 0 Å². The highest BCUT2D eigenvalue weighted by Crippen LogP contribution is 2.24. The van der Waals surface area contributed by atoms with Gasteiger partial charge in [0.1, 0.15) is 0 Å². The van der Waals surface area contributed by atoms with Gasteiger partial charge in [-0.1, -0.05) is 32.4 Å². The van der Waals surface area contributed by atoms with Crippen molar-refractivity contribution >= 4 is 23.8 Å². The van der Waals surface area contributed by atoms with Crippen LogP contribution in [0.1, 0.15) is 39.0 Å². The summed E-state index contributed by atoms with van der Waals surface area (Å²) < 4.78 is 0. The van der Waals surface area contributed by atoms with E-state index in [0.29, 0.717) is 17.9 Å². The molecule has 0 saturated carbocycles. The van der Waals surface area contributed by atoms with E-state index in [9.17, 15) is 19.2 Å². The molecule has 0 aliphatic carbocycles. The topological polar surface area (TPSA) is 101 Å². The van der Waals surface area contributed by atoms with Crippen molar-refractivity contribution in [3.05, 3.63) is 24.3 Å². The van der Waals surface area contributed by atoms with Crippen LogP contribution in [0.25, 0.3) is 0 Å². The molecule has 1 saturated heterocycles. The predicted molar refractivity (Wildman–Crippen MR) is 76.1 cm³/mol. The van der Waals surface area contributed by atoms with Crippen molar-refractivity contribution in [1.82, 2.24) is 5.06 Å². The summed E-state index contributed by atoms with van der Waals surface area (Å²) in [7, 11) is 0. The summed E-state index contributed by atoms with van der Waals surface area (Å²) in [4.78, 5) is 50.5. The number of imide groups is 1. The lowest BCUT2D eigenvalue weighted by atomic mass is 10.00. The zero-order chi connectivity index (χ0) is 16.7. The number of carbonyl (C=O) groups excluding carboxylic acids is 3. The van der Waals surface area contributed by atoms with Gasteiger partial charge in [-0.2, -0.15) is 0 Å². The third-order valence-electron chi connectivity index (χ3n) is 3.21. The molecular formula is C15H19NO6. The number of hydrogen-bond donors (Lipinski definition) is 1. The van der Waals surface area contributed by atoms with Gasteiger partial charge >= 0.3 is 11.9 Å². The van der Waals surface area contributed by atoms with Crippen LogP contribution >= 0.6 is 0 Å². The molecule has 0 aromatic rings. The Bertz CT molecular complexity index is 522. The highest BCUT2D eigenvalue weighted by Gasteiger charge is 2.40. The smallest absolute Gasteiger partial charge is 0.356 e. The van der Waals surface area contributed by atoms with E-state index in [1.165, 1.54) is 6.08 Å². The Balaban J connectivity index is 2.82. The minimum absolute atomic E-state index is 0.0940. The second kappa shape index (κ2) is 8.11. The van der Waals surface area contributed by atoms with Crippen LogP contribution in [0.4, 0.5) is 0 Å². The zero-order valence-corrected chi connectivity index (χ0v) is 12.4. The van der Waals surface area contributed by atoms with Crippen molar-refractivity contribution in [3.8, 4) is 0 Å². The fourth-order valence-corrected chi connectivity index (χ4v) is 2.06. The molecule has 1 aliphatic rings. The van der Waals surface area contributed by atoms with Crippen molar-refractivity contribution in [2.75, 3.05) is 0 Å². The van der Waals surface area contributed by atoms with Crippen molar-refractivity contribution in [3.63, 3.8) is 0 Å². The number of rotatable bonds is 8. The molecule has 1 atom stereocenters. The highest BCUT2D eigenvalue weighted by atomic mass is 16.7. The number of hydroxylamine groups is 2. The summed E-state index contributed by atoms with van der Waals surface area (Å²) in [6, 6.07) is 0. The molecule has 0 bridgehead atoms. The fourth-order valence-electron chi connectivity index (χ4n) is 2.06. The molecule has 1 heterocycles. The Morgan fingerprint density at radius 1 is 1.41 bits per heavy atom. The van der Waals surface area contributed by atoms with Gasteiger partial charge in [0.25, 0.3) is 11.8 Å². The minimum atomic E-state index is -1.11. The number of carboxylic acid groups (broad SMARTS) is 1. The third kappa shape index (κ3) is 4.54. The number of carbonyl (C=O) groups is 4. The van der Waals surface area contributed by atoms with Crippen LogP contribution in [-0.2, 0) is 24.0 Å². The quantitative estimate of drug-likeness (QED) is 0.415. The summed E-state index contributed by atoms with van der Waals surface area (Å²) in [6.45, 7) is 5.17. The molecule has 7 heteroatoms. The lowest BCUT2D eigenvalue weighted by Gasteiger charge is -2.11. The lowest BCUT2D eigenvalue weighted by molar-refractivity contribution is -0.194. The van der Waals surface area contributed by atoms with Crippen LogP contribution in [0.15, 0.2) is 24.3 Å².